The fourth-order valence-electron chi connectivity index (χ4n) is 1.98. The normalized spacial score (nSPS) is 21.2. The SMILES string of the molecule is Oc1cccn2cc(C3CCSC3)nc12. The van der Waals surface area contributed by atoms with Crippen LogP contribution < -0.4 is 0 Å². The fourth-order valence-corrected chi connectivity index (χ4v) is 3.22. The lowest BCUT2D eigenvalue weighted by atomic mass is 10.1. The maximum absolute atomic E-state index is 9.64. The molecule has 4 heteroatoms. The summed E-state index contributed by atoms with van der Waals surface area (Å²) in [5.74, 6) is 3.21. The highest BCUT2D eigenvalue weighted by Gasteiger charge is 2.20. The molecule has 15 heavy (non-hydrogen) atoms. The van der Waals surface area contributed by atoms with Crippen molar-refractivity contribution < 1.29 is 5.11 Å². The highest BCUT2D eigenvalue weighted by Crippen LogP contribution is 2.32. The number of thioether (sulfide) groups is 1. The Labute approximate surface area is 92.1 Å². The summed E-state index contributed by atoms with van der Waals surface area (Å²) >= 11 is 1.98. The zero-order chi connectivity index (χ0) is 10.3. The molecule has 0 saturated carbocycles. The molecule has 0 radical (unpaired) electrons. The van der Waals surface area contributed by atoms with E-state index in [-0.39, 0.29) is 5.75 Å². The molecule has 1 aliphatic heterocycles. The second-order valence-electron chi connectivity index (χ2n) is 3.85. The third-order valence-electron chi connectivity index (χ3n) is 2.83. The Morgan fingerprint density at radius 1 is 1.53 bits per heavy atom. The number of hydrogen-bond donors (Lipinski definition) is 1. The second-order valence-corrected chi connectivity index (χ2v) is 5.00. The van der Waals surface area contributed by atoms with Gasteiger partial charge in [-0.15, -0.1) is 0 Å². The van der Waals surface area contributed by atoms with Crippen molar-refractivity contribution in [2.75, 3.05) is 11.5 Å². The Morgan fingerprint density at radius 2 is 2.47 bits per heavy atom. The average Bonchev–Trinajstić information content (AvgIpc) is 2.86. The van der Waals surface area contributed by atoms with Gasteiger partial charge in [-0.25, -0.2) is 4.98 Å². The lowest BCUT2D eigenvalue weighted by molar-refractivity contribution is 0.477. The van der Waals surface area contributed by atoms with Crippen LogP contribution in [0.1, 0.15) is 18.0 Å². The molecule has 2 aromatic heterocycles. The quantitative estimate of drug-likeness (QED) is 0.801. The molecule has 0 spiro atoms. The fraction of sp³-hybridized carbons (Fsp3) is 0.364. The smallest absolute Gasteiger partial charge is 0.179 e. The van der Waals surface area contributed by atoms with Crippen LogP contribution in [0.5, 0.6) is 5.75 Å². The van der Waals surface area contributed by atoms with Crippen LogP contribution in [0.3, 0.4) is 0 Å². The third kappa shape index (κ3) is 1.49. The number of rotatable bonds is 1. The molecule has 2 aromatic rings. The van der Waals surface area contributed by atoms with Gasteiger partial charge in [-0.05, 0) is 24.3 Å². The topological polar surface area (TPSA) is 37.5 Å². The van der Waals surface area contributed by atoms with Crippen LogP contribution in [0.2, 0.25) is 0 Å². The maximum atomic E-state index is 9.64. The minimum Gasteiger partial charge on any atom is -0.504 e. The van der Waals surface area contributed by atoms with Crippen LogP contribution >= 0.6 is 11.8 Å². The molecule has 1 N–H and O–H groups in total. The first-order valence-electron chi connectivity index (χ1n) is 5.09. The van der Waals surface area contributed by atoms with Crippen LogP contribution in [0.25, 0.3) is 5.65 Å². The van der Waals surface area contributed by atoms with Crippen molar-refractivity contribution in [2.45, 2.75) is 12.3 Å². The molecule has 1 atom stereocenters. The molecule has 0 aromatic carbocycles. The number of nitrogens with zero attached hydrogens (tertiary/aromatic N) is 2. The van der Waals surface area contributed by atoms with Gasteiger partial charge in [0.15, 0.2) is 11.4 Å². The summed E-state index contributed by atoms with van der Waals surface area (Å²) in [5, 5.41) is 9.64. The molecule has 3 heterocycles. The van der Waals surface area contributed by atoms with E-state index in [2.05, 4.69) is 4.98 Å². The van der Waals surface area contributed by atoms with Crippen molar-refractivity contribution in [1.82, 2.24) is 9.38 Å². The summed E-state index contributed by atoms with van der Waals surface area (Å²) in [7, 11) is 0. The number of aromatic hydroxyl groups is 1. The van der Waals surface area contributed by atoms with E-state index >= 15 is 0 Å². The van der Waals surface area contributed by atoms with Crippen LogP contribution in [0, 0.1) is 0 Å². The molecule has 1 fully saturated rings. The van der Waals surface area contributed by atoms with E-state index in [1.54, 1.807) is 6.07 Å². The minimum atomic E-state index is 0.259. The van der Waals surface area contributed by atoms with Gasteiger partial charge in [-0.2, -0.15) is 11.8 Å². The van der Waals surface area contributed by atoms with Crippen LogP contribution in [0.4, 0.5) is 0 Å². The number of aromatic nitrogens is 2. The van der Waals surface area contributed by atoms with Gasteiger partial charge < -0.3 is 9.51 Å². The van der Waals surface area contributed by atoms with Crippen LogP contribution in [-0.2, 0) is 0 Å². The van der Waals surface area contributed by atoms with E-state index in [0.29, 0.717) is 11.6 Å². The van der Waals surface area contributed by atoms with Gasteiger partial charge in [0.2, 0.25) is 0 Å². The van der Waals surface area contributed by atoms with E-state index in [1.165, 1.54) is 12.2 Å². The number of imidazole rings is 1. The highest BCUT2D eigenvalue weighted by atomic mass is 32.2. The van der Waals surface area contributed by atoms with Crippen molar-refractivity contribution in [3.63, 3.8) is 0 Å². The Morgan fingerprint density at radius 3 is 3.20 bits per heavy atom. The van der Waals surface area contributed by atoms with E-state index in [4.69, 9.17) is 0 Å². The predicted octanol–water partition coefficient (Wildman–Crippen LogP) is 2.26. The van der Waals surface area contributed by atoms with E-state index in [9.17, 15) is 5.11 Å². The lowest BCUT2D eigenvalue weighted by Gasteiger charge is -2.01. The highest BCUT2D eigenvalue weighted by molar-refractivity contribution is 7.99. The summed E-state index contributed by atoms with van der Waals surface area (Å²) in [6.07, 6.45) is 5.16. The molecule has 1 unspecified atom stereocenters. The van der Waals surface area contributed by atoms with Gasteiger partial charge in [0.05, 0.1) is 5.69 Å². The summed E-state index contributed by atoms with van der Waals surface area (Å²) in [6.45, 7) is 0. The number of hydrogen-bond acceptors (Lipinski definition) is 3. The van der Waals surface area contributed by atoms with Crippen molar-refractivity contribution in [3.8, 4) is 5.75 Å². The summed E-state index contributed by atoms with van der Waals surface area (Å²) in [6, 6.07) is 3.51. The summed E-state index contributed by atoms with van der Waals surface area (Å²) in [5.41, 5.74) is 1.78. The van der Waals surface area contributed by atoms with Gasteiger partial charge in [0, 0.05) is 24.1 Å². The Balaban J connectivity index is 2.09. The van der Waals surface area contributed by atoms with E-state index in [1.807, 2.05) is 34.6 Å². The minimum absolute atomic E-state index is 0.259. The number of fused-ring (bicyclic) bond motifs is 1. The van der Waals surface area contributed by atoms with Gasteiger partial charge >= 0.3 is 0 Å². The van der Waals surface area contributed by atoms with Crippen molar-refractivity contribution in [2.24, 2.45) is 0 Å². The maximum Gasteiger partial charge on any atom is 0.179 e. The van der Waals surface area contributed by atoms with Crippen LogP contribution in [-0.4, -0.2) is 26.0 Å². The Bertz CT molecular complexity index is 488. The summed E-state index contributed by atoms with van der Waals surface area (Å²) in [4.78, 5) is 4.49. The van der Waals surface area contributed by atoms with Crippen molar-refractivity contribution in [3.05, 3.63) is 30.2 Å². The Kier molecular flexibility index (Phi) is 2.09. The van der Waals surface area contributed by atoms with Gasteiger partial charge in [0.25, 0.3) is 0 Å². The molecule has 3 nitrogen and oxygen atoms in total. The van der Waals surface area contributed by atoms with Gasteiger partial charge in [0.1, 0.15) is 0 Å². The van der Waals surface area contributed by atoms with Crippen molar-refractivity contribution >= 4 is 17.4 Å². The first-order chi connectivity index (χ1) is 7.34. The molecular formula is C11H12N2OS. The predicted molar refractivity (Wildman–Crippen MR) is 61.5 cm³/mol. The monoisotopic (exact) mass is 220 g/mol. The zero-order valence-corrected chi connectivity index (χ0v) is 9.07. The molecule has 3 rings (SSSR count). The molecule has 0 aliphatic carbocycles. The largest absolute Gasteiger partial charge is 0.504 e. The average molecular weight is 220 g/mol. The molecule has 1 aliphatic rings. The third-order valence-corrected chi connectivity index (χ3v) is 3.99. The van der Waals surface area contributed by atoms with E-state index in [0.717, 1.165) is 11.4 Å². The Hall–Kier alpha value is -1.16. The standard InChI is InChI=1S/C11H12N2OS/c14-10-2-1-4-13-6-9(12-11(10)13)8-3-5-15-7-8/h1-2,4,6,8,14H,3,5,7H2. The lowest BCUT2D eigenvalue weighted by Crippen LogP contribution is -1.95. The van der Waals surface area contributed by atoms with Crippen molar-refractivity contribution in [1.29, 1.82) is 0 Å². The molecule has 78 valence electrons. The number of pyridine rings is 1. The first kappa shape index (κ1) is 9.09. The van der Waals surface area contributed by atoms with Gasteiger partial charge in [-0.1, -0.05) is 0 Å². The molecule has 0 bridgehead atoms. The van der Waals surface area contributed by atoms with Gasteiger partial charge in [-0.3, -0.25) is 0 Å². The second kappa shape index (κ2) is 3.45. The van der Waals surface area contributed by atoms with E-state index < -0.39 is 0 Å². The molecular weight excluding hydrogens is 208 g/mol. The van der Waals surface area contributed by atoms with Crippen LogP contribution in [0.15, 0.2) is 24.5 Å². The first-order valence-corrected chi connectivity index (χ1v) is 6.24. The molecule has 0 amide bonds. The summed E-state index contributed by atoms with van der Waals surface area (Å²) < 4.78 is 1.90. The molecule has 1 saturated heterocycles. The zero-order valence-electron chi connectivity index (χ0n) is 8.26.